The molecule has 0 aliphatic heterocycles. The topological polar surface area (TPSA) is 76.7 Å². The Morgan fingerprint density at radius 3 is 3.04 bits per heavy atom. The van der Waals surface area contributed by atoms with Gasteiger partial charge in [0.25, 0.3) is 5.56 Å². The third-order valence-corrected chi connectivity index (χ3v) is 5.94. The van der Waals surface area contributed by atoms with E-state index in [0.717, 1.165) is 21.8 Å². The van der Waals surface area contributed by atoms with Crippen LogP contribution in [0.25, 0.3) is 21.5 Å². The Kier molecular flexibility index (Phi) is 4.22. The van der Waals surface area contributed by atoms with Crippen LogP contribution in [-0.4, -0.2) is 19.7 Å². The summed E-state index contributed by atoms with van der Waals surface area (Å²) in [5, 5.41) is 6.94. The molecule has 0 aliphatic carbocycles. The molecule has 0 saturated heterocycles. The van der Waals surface area contributed by atoms with Gasteiger partial charge in [0, 0.05) is 29.9 Å². The Morgan fingerprint density at radius 1 is 1.44 bits per heavy atom. The summed E-state index contributed by atoms with van der Waals surface area (Å²) in [5.74, 6) is 2.14. The third kappa shape index (κ3) is 3.14. The first-order valence-electron chi connectivity index (χ1n) is 7.77. The van der Waals surface area contributed by atoms with Gasteiger partial charge in [-0.1, -0.05) is 0 Å². The van der Waals surface area contributed by atoms with E-state index >= 15 is 0 Å². The molecule has 0 aromatic carbocycles. The highest BCUT2D eigenvalue weighted by Gasteiger charge is 2.17. The maximum absolute atomic E-state index is 12.6. The van der Waals surface area contributed by atoms with Gasteiger partial charge in [-0.15, -0.1) is 23.1 Å². The van der Waals surface area contributed by atoms with Gasteiger partial charge in [-0.05, 0) is 25.1 Å². The molecule has 0 amide bonds. The van der Waals surface area contributed by atoms with Crippen molar-refractivity contribution in [1.29, 1.82) is 0 Å². The van der Waals surface area contributed by atoms with Crippen LogP contribution in [0.2, 0.25) is 0 Å². The summed E-state index contributed by atoms with van der Waals surface area (Å²) in [6, 6.07) is 5.65. The minimum absolute atomic E-state index is 0.0632. The number of aromatic amines is 1. The lowest BCUT2D eigenvalue weighted by atomic mass is 10.2. The van der Waals surface area contributed by atoms with Crippen LogP contribution < -0.4 is 5.56 Å². The number of nitrogens with one attached hydrogen (secondary N) is 1. The number of hydrogen-bond donors (Lipinski definition) is 1. The van der Waals surface area contributed by atoms with Crippen molar-refractivity contribution in [1.82, 2.24) is 19.7 Å². The smallest absolute Gasteiger partial charge is 0.260 e. The molecule has 0 bridgehead atoms. The van der Waals surface area contributed by atoms with Gasteiger partial charge in [0.15, 0.2) is 0 Å². The maximum Gasteiger partial charge on any atom is 0.260 e. The van der Waals surface area contributed by atoms with E-state index < -0.39 is 0 Å². The highest BCUT2D eigenvalue weighted by Crippen LogP contribution is 2.33. The number of thioether (sulfide) groups is 1. The van der Waals surface area contributed by atoms with Crippen LogP contribution in [0.4, 0.5) is 0 Å². The Hall–Kier alpha value is -2.32. The molecule has 0 fully saturated rings. The predicted octanol–water partition coefficient (Wildman–Crippen LogP) is 3.97. The van der Waals surface area contributed by atoms with E-state index in [1.165, 1.54) is 11.3 Å². The number of nitrogens with zero attached hydrogens (tertiary/aromatic N) is 3. The predicted molar refractivity (Wildman–Crippen MR) is 101 cm³/mol. The summed E-state index contributed by atoms with van der Waals surface area (Å²) in [6.07, 6.45) is 3.53. The van der Waals surface area contributed by atoms with E-state index in [4.69, 9.17) is 4.42 Å². The van der Waals surface area contributed by atoms with Crippen LogP contribution in [0.5, 0.6) is 0 Å². The van der Waals surface area contributed by atoms with Crippen LogP contribution in [0.15, 0.2) is 45.3 Å². The Balaban J connectivity index is 1.61. The Bertz CT molecular complexity index is 1060. The second kappa shape index (κ2) is 6.53. The molecule has 8 heteroatoms. The normalized spacial score (nSPS) is 12.7. The molecule has 128 valence electrons. The Labute approximate surface area is 151 Å². The van der Waals surface area contributed by atoms with Gasteiger partial charge in [0.2, 0.25) is 0 Å². The summed E-state index contributed by atoms with van der Waals surface area (Å²) in [7, 11) is 1.90. The zero-order valence-electron chi connectivity index (χ0n) is 13.7. The van der Waals surface area contributed by atoms with E-state index in [9.17, 15) is 4.79 Å². The van der Waals surface area contributed by atoms with E-state index in [-0.39, 0.29) is 10.8 Å². The van der Waals surface area contributed by atoms with Gasteiger partial charge in [-0.3, -0.25) is 9.48 Å². The van der Waals surface area contributed by atoms with Crippen LogP contribution >= 0.6 is 23.1 Å². The fraction of sp³-hybridized carbons (Fsp3) is 0.235. The van der Waals surface area contributed by atoms with E-state index in [1.807, 2.05) is 43.7 Å². The minimum Gasteiger partial charge on any atom is -0.464 e. The fourth-order valence-electron chi connectivity index (χ4n) is 2.60. The number of thiophene rings is 1. The number of aromatic nitrogens is 4. The van der Waals surface area contributed by atoms with E-state index in [2.05, 4.69) is 15.1 Å². The first-order valence-corrected chi connectivity index (χ1v) is 9.70. The second-order valence-electron chi connectivity index (χ2n) is 5.69. The SMILES string of the molecule is C[C@@H](SCc1ccn(C)n1)c1nc2scc(-c3ccco3)c2c(=O)[nH]1. The number of furan rings is 1. The third-order valence-electron chi connectivity index (χ3n) is 3.88. The monoisotopic (exact) mass is 372 g/mol. The quantitative estimate of drug-likeness (QED) is 0.573. The Morgan fingerprint density at radius 2 is 2.32 bits per heavy atom. The van der Waals surface area contributed by atoms with Crippen molar-refractivity contribution in [2.75, 3.05) is 0 Å². The lowest BCUT2D eigenvalue weighted by Crippen LogP contribution is -2.12. The highest BCUT2D eigenvalue weighted by molar-refractivity contribution is 7.98. The van der Waals surface area contributed by atoms with Gasteiger partial charge in [0.05, 0.1) is 22.6 Å². The van der Waals surface area contributed by atoms with Gasteiger partial charge in [-0.2, -0.15) is 5.10 Å². The van der Waals surface area contributed by atoms with Crippen LogP contribution in [-0.2, 0) is 12.8 Å². The van der Waals surface area contributed by atoms with Crippen molar-refractivity contribution in [3.8, 4) is 11.3 Å². The molecule has 0 aliphatic rings. The molecule has 0 unspecified atom stereocenters. The molecule has 0 saturated carbocycles. The molecule has 1 N–H and O–H groups in total. The zero-order chi connectivity index (χ0) is 17.4. The van der Waals surface area contributed by atoms with Gasteiger partial charge >= 0.3 is 0 Å². The van der Waals surface area contributed by atoms with Gasteiger partial charge in [-0.25, -0.2) is 4.98 Å². The molecule has 25 heavy (non-hydrogen) atoms. The van der Waals surface area contributed by atoms with E-state index in [0.29, 0.717) is 17.0 Å². The standard InChI is InChI=1S/C17H16N4O2S2/c1-10(24-8-11-5-6-21(2)20-11)15-18-16(22)14-12(9-25-17(14)19-15)13-4-3-7-23-13/h3-7,9-10H,8H2,1-2H3,(H,18,19,22)/t10-/m1/s1. The largest absolute Gasteiger partial charge is 0.464 e. The van der Waals surface area contributed by atoms with Crippen molar-refractivity contribution in [2.24, 2.45) is 7.05 Å². The van der Waals surface area contributed by atoms with Crippen LogP contribution in [0, 0.1) is 0 Å². The summed E-state index contributed by atoms with van der Waals surface area (Å²) in [4.78, 5) is 20.9. The number of H-pyrrole nitrogens is 1. The summed E-state index contributed by atoms with van der Waals surface area (Å²) in [6.45, 7) is 2.04. The minimum atomic E-state index is -0.127. The van der Waals surface area contributed by atoms with Crippen molar-refractivity contribution >= 4 is 33.3 Å². The molecular formula is C17H16N4O2S2. The van der Waals surface area contributed by atoms with Gasteiger partial charge in [0.1, 0.15) is 16.4 Å². The number of hydrogen-bond acceptors (Lipinski definition) is 6. The highest BCUT2D eigenvalue weighted by atomic mass is 32.2. The molecular weight excluding hydrogens is 356 g/mol. The van der Waals surface area contributed by atoms with Crippen molar-refractivity contribution < 1.29 is 4.42 Å². The average molecular weight is 372 g/mol. The first kappa shape index (κ1) is 16.2. The summed E-state index contributed by atoms with van der Waals surface area (Å²) >= 11 is 3.16. The fourth-order valence-corrected chi connectivity index (χ4v) is 4.38. The molecule has 0 spiro atoms. The molecule has 6 nitrogen and oxygen atoms in total. The average Bonchev–Trinajstić information content (AvgIpc) is 3.32. The zero-order valence-corrected chi connectivity index (χ0v) is 15.4. The number of fused-ring (bicyclic) bond motifs is 1. The van der Waals surface area contributed by atoms with Crippen LogP contribution in [0.3, 0.4) is 0 Å². The van der Waals surface area contributed by atoms with Crippen molar-refractivity contribution in [2.45, 2.75) is 17.9 Å². The lowest BCUT2D eigenvalue weighted by Gasteiger charge is -2.09. The molecule has 0 radical (unpaired) electrons. The molecule has 4 aromatic rings. The molecule has 4 aromatic heterocycles. The van der Waals surface area contributed by atoms with Crippen molar-refractivity contribution in [3.63, 3.8) is 0 Å². The number of aryl methyl sites for hydroxylation is 1. The first-order chi connectivity index (χ1) is 12.1. The van der Waals surface area contributed by atoms with Crippen LogP contribution in [0.1, 0.15) is 23.7 Å². The maximum atomic E-state index is 12.6. The molecule has 4 rings (SSSR count). The molecule has 1 atom stereocenters. The second-order valence-corrected chi connectivity index (χ2v) is 7.88. The van der Waals surface area contributed by atoms with Gasteiger partial charge < -0.3 is 9.40 Å². The van der Waals surface area contributed by atoms with Crippen molar-refractivity contribution in [3.05, 3.63) is 57.9 Å². The lowest BCUT2D eigenvalue weighted by molar-refractivity contribution is 0.583. The van der Waals surface area contributed by atoms with E-state index in [1.54, 1.807) is 22.7 Å². The summed E-state index contributed by atoms with van der Waals surface area (Å²) < 4.78 is 7.21. The summed E-state index contributed by atoms with van der Waals surface area (Å²) in [5.41, 5.74) is 1.68. The number of rotatable bonds is 5. The molecule has 4 heterocycles.